The van der Waals surface area contributed by atoms with E-state index in [2.05, 4.69) is 18.0 Å². The lowest BCUT2D eigenvalue weighted by Gasteiger charge is -2.15. The Bertz CT molecular complexity index is 661. The van der Waals surface area contributed by atoms with Crippen LogP contribution < -0.4 is 19.9 Å². The molecule has 0 aliphatic heterocycles. The first-order valence-corrected chi connectivity index (χ1v) is 8.19. The number of rotatable bonds is 8. The number of hydrogen-bond donors (Lipinski definition) is 1. The molecule has 0 saturated carbocycles. The second kappa shape index (κ2) is 8.43. The number of hydrogen-bond acceptors (Lipinski definition) is 5. The maximum absolute atomic E-state index is 6.11. The molecule has 2 aromatic rings. The van der Waals surface area contributed by atoms with E-state index in [1.165, 1.54) is 18.4 Å². The predicted molar refractivity (Wildman–Crippen MR) is 97.0 cm³/mol. The zero-order valence-electron chi connectivity index (χ0n) is 14.9. The highest BCUT2D eigenvalue weighted by molar-refractivity contribution is 5.78. The number of pyridine rings is 1. The fraction of sp³-hybridized carbons (Fsp3) is 0.421. The summed E-state index contributed by atoms with van der Waals surface area (Å²) in [7, 11) is 4.79. The number of nitrogens with zero attached hydrogens (tertiary/aromatic N) is 1. The average molecular weight is 330 g/mol. The highest BCUT2D eigenvalue weighted by atomic mass is 16.5. The van der Waals surface area contributed by atoms with Crippen molar-refractivity contribution in [3.05, 3.63) is 30.0 Å². The lowest BCUT2D eigenvalue weighted by molar-refractivity contribution is 0.324. The number of ether oxygens (including phenoxy) is 3. The van der Waals surface area contributed by atoms with E-state index in [4.69, 9.17) is 19.9 Å². The molecule has 5 nitrogen and oxygen atoms in total. The highest BCUT2D eigenvalue weighted by Gasteiger charge is 2.16. The summed E-state index contributed by atoms with van der Waals surface area (Å²) in [6.07, 6.45) is 6.41. The molecule has 0 spiro atoms. The van der Waals surface area contributed by atoms with E-state index in [-0.39, 0.29) is 0 Å². The third-order valence-corrected chi connectivity index (χ3v) is 4.02. The minimum absolute atomic E-state index is 0.489. The normalized spacial score (nSPS) is 10.5. The van der Waals surface area contributed by atoms with Gasteiger partial charge < -0.3 is 19.9 Å². The van der Waals surface area contributed by atoms with E-state index in [9.17, 15) is 0 Å². The summed E-state index contributed by atoms with van der Waals surface area (Å²) in [6, 6.07) is 5.88. The first kappa shape index (κ1) is 17.9. The van der Waals surface area contributed by atoms with Gasteiger partial charge in [0, 0.05) is 11.8 Å². The van der Waals surface area contributed by atoms with Crippen LogP contribution in [0.25, 0.3) is 11.1 Å². The number of aromatic nitrogens is 1. The fourth-order valence-electron chi connectivity index (χ4n) is 2.70. The molecule has 2 rings (SSSR count). The lowest BCUT2D eigenvalue weighted by Crippen LogP contribution is -1.99. The number of unbranched alkanes of at least 4 members (excludes halogenated alkanes) is 2. The highest BCUT2D eigenvalue weighted by Crippen LogP contribution is 2.42. The van der Waals surface area contributed by atoms with Crippen LogP contribution >= 0.6 is 0 Å². The molecule has 0 aliphatic rings. The van der Waals surface area contributed by atoms with Crippen LogP contribution in [0.1, 0.15) is 31.7 Å². The summed E-state index contributed by atoms with van der Waals surface area (Å²) >= 11 is 0. The molecule has 1 heterocycles. The van der Waals surface area contributed by atoms with E-state index in [0.717, 1.165) is 24.0 Å². The van der Waals surface area contributed by atoms with Gasteiger partial charge in [-0.05, 0) is 42.2 Å². The van der Waals surface area contributed by atoms with Crippen molar-refractivity contribution < 1.29 is 14.2 Å². The number of aryl methyl sites for hydroxylation is 1. The maximum Gasteiger partial charge on any atom is 0.203 e. The van der Waals surface area contributed by atoms with Gasteiger partial charge in [0.15, 0.2) is 11.5 Å². The monoisotopic (exact) mass is 330 g/mol. The summed E-state index contributed by atoms with van der Waals surface area (Å²) < 4.78 is 16.2. The van der Waals surface area contributed by atoms with Crippen molar-refractivity contribution in [1.82, 2.24) is 4.98 Å². The van der Waals surface area contributed by atoms with Crippen LogP contribution in [0.3, 0.4) is 0 Å². The molecule has 0 aliphatic carbocycles. The van der Waals surface area contributed by atoms with Gasteiger partial charge in [0.05, 0.1) is 21.3 Å². The molecule has 0 fully saturated rings. The Morgan fingerprint density at radius 3 is 2.17 bits per heavy atom. The third kappa shape index (κ3) is 3.91. The van der Waals surface area contributed by atoms with Crippen LogP contribution in [0.4, 0.5) is 5.82 Å². The molecule has 0 saturated heterocycles. The topological polar surface area (TPSA) is 66.6 Å². The van der Waals surface area contributed by atoms with Crippen molar-refractivity contribution in [1.29, 1.82) is 0 Å². The molecule has 24 heavy (non-hydrogen) atoms. The largest absolute Gasteiger partial charge is 0.493 e. The molecule has 1 aromatic heterocycles. The van der Waals surface area contributed by atoms with Gasteiger partial charge in [-0.15, -0.1) is 0 Å². The standard InChI is InChI=1S/C19H26N2O3/c1-5-6-7-8-13-9-15(19(20)21-12-13)14-10-16(22-2)18(24-4)17(11-14)23-3/h9-12H,5-8H2,1-4H3,(H2,20,21). The SMILES string of the molecule is CCCCCc1cnc(N)c(-c2cc(OC)c(OC)c(OC)c2)c1. The zero-order valence-corrected chi connectivity index (χ0v) is 14.9. The van der Waals surface area contributed by atoms with Gasteiger partial charge in [0.25, 0.3) is 0 Å². The van der Waals surface area contributed by atoms with Crippen LogP contribution in [0.5, 0.6) is 17.2 Å². The van der Waals surface area contributed by atoms with Crippen molar-refractivity contribution in [2.75, 3.05) is 27.1 Å². The van der Waals surface area contributed by atoms with E-state index >= 15 is 0 Å². The molecule has 0 amide bonds. The summed E-state index contributed by atoms with van der Waals surface area (Å²) in [4.78, 5) is 4.35. The van der Waals surface area contributed by atoms with E-state index in [0.29, 0.717) is 23.1 Å². The van der Waals surface area contributed by atoms with E-state index < -0.39 is 0 Å². The Labute approximate surface area is 143 Å². The fourth-order valence-corrected chi connectivity index (χ4v) is 2.70. The zero-order chi connectivity index (χ0) is 17.5. The molecule has 130 valence electrons. The van der Waals surface area contributed by atoms with E-state index in [1.54, 1.807) is 21.3 Å². The second-order valence-electron chi connectivity index (χ2n) is 5.65. The molecule has 2 N–H and O–H groups in total. The first-order valence-electron chi connectivity index (χ1n) is 8.19. The third-order valence-electron chi connectivity index (χ3n) is 4.02. The number of benzene rings is 1. The van der Waals surface area contributed by atoms with Gasteiger partial charge in [0.2, 0.25) is 5.75 Å². The minimum atomic E-state index is 0.489. The Morgan fingerprint density at radius 1 is 0.958 bits per heavy atom. The van der Waals surface area contributed by atoms with Crippen molar-refractivity contribution in [2.45, 2.75) is 32.6 Å². The quantitative estimate of drug-likeness (QED) is 0.738. The first-order chi connectivity index (χ1) is 11.6. The van der Waals surface area contributed by atoms with Crippen LogP contribution in [0.2, 0.25) is 0 Å². The van der Waals surface area contributed by atoms with Crippen molar-refractivity contribution >= 4 is 5.82 Å². The second-order valence-corrected chi connectivity index (χ2v) is 5.65. The van der Waals surface area contributed by atoms with Crippen LogP contribution in [-0.4, -0.2) is 26.3 Å². The Morgan fingerprint density at radius 2 is 1.62 bits per heavy atom. The van der Waals surface area contributed by atoms with Gasteiger partial charge in [-0.1, -0.05) is 19.8 Å². The van der Waals surface area contributed by atoms with Gasteiger partial charge >= 0.3 is 0 Å². The summed E-state index contributed by atoms with van der Waals surface area (Å²) in [5, 5.41) is 0. The molecule has 1 aromatic carbocycles. The van der Waals surface area contributed by atoms with Gasteiger partial charge in [0.1, 0.15) is 5.82 Å². The van der Waals surface area contributed by atoms with E-state index in [1.807, 2.05) is 18.3 Å². The average Bonchev–Trinajstić information content (AvgIpc) is 2.61. The number of nitrogen functional groups attached to an aromatic ring is 1. The maximum atomic E-state index is 6.11. The molecule has 0 unspecified atom stereocenters. The van der Waals surface area contributed by atoms with Crippen LogP contribution in [-0.2, 0) is 6.42 Å². The van der Waals surface area contributed by atoms with Crippen molar-refractivity contribution in [3.63, 3.8) is 0 Å². The molecule has 0 bridgehead atoms. The van der Waals surface area contributed by atoms with Crippen LogP contribution in [0.15, 0.2) is 24.4 Å². The van der Waals surface area contributed by atoms with Crippen molar-refractivity contribution in [3.8, 4) is 28.4 Å². The number of methoxy groups -OCH3 is 3. The van der Waals surface area contributed by atoms with Gasteiger partial charge in [-0.25, -0.2) is 4.98 Å². The Balaban J connectivity index is 2.45. The van der Waals surface area contributed by atoms with Crippen molar-refractivity contribution in [2.24, 2.45) is 0 Å². The molecule has 0 radical (unpaired) electrons. The molecular formula is C19H26N2O3. The molecular weight excluding hydrogens is 304 g/mol. The minimum Gasteiger partial charge on any atom is -0.493 e. The predicted octanol–water partition coefficient (Wildman–Crippen LogP) is 4.09. The smallest absolute Gasteiger partial charge is 0.203 e. The molecule has 0 atom stereocenters. The number of nitrogens with two attached hydrogens (primary N) is 1. The van der Waals surface area contributed by atoms with Crippen LogP contribution in [0, 0.1) is 0 Å². The molecule has 5 heteroatoms. The summed E-state index contributed by atoms with van der Waals surface area (Å²) in [5.41, 5.74) is 9.06. The summed E-state index contributed by atoms with van der Waals surface area (Å²) in [5.74, 6) is 2.25. The summed E-state index contributed by atoms with van der Waals surface area (Å²) in [6.45, 7) is 2.20. The Kier molecular flexibility index (Phi) is 6.29. The lowest BCUT2D eigenvalue weighted by atomic mass is 10.0. The number of anilines is 1. The van der Waals surface area contributed by atoms with Gasteiger partial charge in [-0.2, -0.15) is 0 Å². The Hall–Kier alpha value is -2.43. The van der Waals surface area contributed by atoms with Gasteiger partial charge in [-0.3, -0.25) is 0 Å².